The summed E-state index contributed by atoms with van der Waals surface area (Å²) >= 11 is 0. The largest absolute Gasteiger partial charge is 0.472 e. The molecule has 107 heavy (non-hydrogen) atoms. The summed E-state index contributed by atoms with van der Waals surface area (Å²) in [4.78, 5) is 73.1. The molecule has 0 amide bonds. The molecule has 2 unspecified atom stereocenters. The lowest BCUT2D eigenvalue weighted by atomic mass is 10.0. The minimum Gasteiger partial charge on any atom is -0.462 e. The maximum absolute atomic E-state index is 13.1. The van der Waals surface area contributed by atoms with Crippen LogP contribution in [0.5, 0.6) is 0 Å². The molecular weight excluding hydrogens is 1390 g/mol. The second-order valence-corrected chi connectivity index (χ2v) is 35.5. The topological polar surface area (TPSA) is 237 Å². The van der Waals surface area contributed by atoms with Crippen molar-refractivity contribution in [2.75, 3.05) is 39.6 Å². The number of aliphatic hydroxyl groups excluding tert-OH is 1. The minimum atomic E-state index is -4.97. The first kappa shape index (κ1) is 105. The first-order chi connectivity index (χ1) is 51.9. The SMILES string of the molecule is CCCCCCCCCCCCCCCCCCCCCCCC(=O)OC[C@H](COP(=O)(O)OC[C@@H](O)COP(=O)(O)OC[C@@H](COC(=O)CCCCCCCCC)OC(=O)CCCCCCCCCCCCCCCCCC(C)C)OC(=O)CCCCCCCCCCCCCCCCCCCCC(C)C. The van der Waals surface area contributed by atoms with Gasteiger partial charge < -0.3 is 33.8 Å². The van der Waals surface area contributed by atoms with Gasteiger partial charge in [0.2, 0.25) is 0 Å². The van der Waals surface area contributed by atoms with Crippen LogP contribution in [0.25, 0.3) is 0 Å². The number of ether oxygens (including phenoxy) is 4. The number of aliphatic hydroxyl groups is 1. The van der Waals surface area contributed by atoms with Gasteiger partial charge in [-0.1, -0.05) is 420 Å². The van der Waals surface area contributed by atoms with E-state index < -0.39 is 97.5 Å². The highest BCUT2D eigenvalue weighted by atomic mass is 31.2. The third-order valence-electron chi connectivity index (χ3n) is 20.7. The Morgan fingerprint density at radius 2 is 0.430 bits per heavy atom. The van der Waals surface area contributed by atoms with E-state index in [4.69, 9.17) is 37.0 Å². The van der Waals surface area contributed by atoms with Gasteiger partial charge in [0.05, 0.1) is 26.4 Å². The van der Waals surface area contributed by atoms with Crippen LogP contribution in [0, 0.1) is 11.8 Å². The van der Waals surface area contributed by atoms with Gasteiger partial charge in [-0.25, -0.2) is 9.13 Å². The van der Waals surface area contributed by atoms with E-state index >= 15 is 0 Å². The number of esters is 4. The fraction of sp³-hybridized carbons (Fsp3) is 0.955. The van der Waals surface area contributed by atoms with E-state index in [1.54, 1.807) is 0 Å². The van der Waals surface area contributed by atoms with E-state index in [9.17, 15) is 43.2 Å². The van der Waals surface area contributed by atoms with Crippen molar-refractivity contribution in [2.45, 2.75) is 490 Å². The summed E-state index contributed by atoms with van der Waals surface area (Å²) in [7, 11) is -9.92. The second kappa shape index (κ2) is 79.3. The van der Waals surface area contributed by atoms with Crippen LogP contribution in [0.2, 0.25) is 0 Å². The molecule has 0 saturated heterocycles. The van der Waals surface area contributed by atoms with Gasteiger partial charge in [0.15, 0.2) is 12.2 Å². The fourth-order valence-electron chi connectivity index (χ4n) is 13.8. The zero-order valence-corrected chi connectivity index (χ0v) is 72.2. The van der Waals surface area contributed by atoms with Crippen molar-refractivity contribution in [3.8, 4) is 0 Å². The van der Waals surface area contributed by atoms with Crippen LogP contribution >= 0.6 is 15.6 Å². The lowest BCUT2D eigenvalue weighted by molar-refractivity contribution is -0.161. The first-order valence-corrected chi connectivity index (χ1v) is 48.5. The molecule has 0 heterocycles. The number of rotatable bonds is 87. The molecule has 0 saturated carbocycles. The molecular formula is C88H172O17P2. The molecule has 0 spiro atoms. The van der Waals surface area contributed by atoms with E-state index in [0.717, 1.165) is 115 Å². The van der Waals surface area contributed by atoms with E-state index in [0.29, 0.717) is 25.7 Å². The van der Waals surface area contributed by atoms with Crippen molar-refractivity contribution in [1.82, 2.24) is 0 Å². The Balaban J connectivity index is 5.15. The predicted octanol–water partition coefficient (Wildman–Crippen LogP) is 27.0. The highest BCUT2D eigenvalue weighted by Gasteiger charge is 2.30. The van der Waals surface area contributed by atoms with Crippen molar-refractivity contribution < 1.29 is 80.2 Å². The molecule has 0 aromatic carbocycles. The number of phosphoric acid groups is 2. The van der Waals surface area contributed by atoms with Crippen LogP contribution in [-0.2, 0) is 65.4 Å². The van der Waals surface area contributed by atoms with Gasteiger partial charge >= 0.3 is 39.5 Å². The molecule has 0 aliphatic rings. The maximum atomic E-state index is 13.1. The molecule has 0 rings (SSSR count). The zero-order valence-electron chi connectivity index (χ0n) is 70.5. The number of unbranched alkanes of at least 4 members (excludes halogenated alkanes) is 57. The van der Waals surface area contributed by atoms with E-state index in [1.165, 1.54) is 276 Å². The number of hydrogen-bond donors (Lipinski definition) is 3. The number of carbonyl (C=O) groups is 4. The van der Waals surface area contributed by atoms with Gasteiger partial charge in [-0.05, 0) is 37.5 Å². The van der Waals surface area contributed by atoms with Crippen LogP contribution in [0.3, 0.4) is 0 Å². The van der Waals surface area contributed by atoms with Gasteiger partial charge in [-0.15, -0.1) is 0 Å². The molecule has 17 nitrogen and oxygen atoms in total. The number of hydrogen-bond acceptors (Lipinski definition) is 15. The van der Waals surface area contributed by atoms with Gasteiger partial charge in [-0.3, -0.25) is 37.3 Å². The number of phosphoric ester groups is 2. The van der Waals surface area contributed by atoms with E-state index in [-0.39, 0.29) is 25.7 Å². The normalized spacial score (nSPS) is 13.8. The Morgan fingerprint density at radius 3 is 0.636 bits per heavy atom. The quantitative estimate of drug-likeness (QED) is 0.0222. The molecule has 0 radical (unpaired) electrons. The van der Waals surface area contributed by atoms with Crippen molar-refractivity contribution in [3.63, 3.8) is 0 Å². The summed E-state index contributed by atoms with van der Waals surface area (Å²) in [5, 5.41) is 10.7. The van der Waals surface area contributed by atoms with Crippen molar-refractivity contribution in [1.29, 1.82) is 0 Å². The minimum absolute atomic E-state index is 0.108. The Bertz CT molecular complexity index is 2050. The maximum Gasteiger partial charge on any atom is 0.472 e. The summed E-state index contributed by atoms with van der Waals surface area (Å²) in [6, 6.07) is 0. The Kier molecular flexibility index (Phi) is 77.9. The van der Waals surface area contributed by atoms with Crippen LogP contribution in [0.4, 0.5) is 0 Å². The smallest absolute Gasteiger partial charge is 0.462 e. The van der Waals surface area contributed by atoms with Gasteiger partial charge in [-0.2, -0.15) is 0 Å². The third kappa shape index (κ3) is 81.9. The average molecular weight is 1560 g/mol. The van der Waals surface area contributed by atoms with E-state index in [2.05, 4.69) is 41.5 Å². The van der Waals surface area contributed by atoms with Crippen molar-refractivity contribution in [2.24, 2.45) is 11.8 Å². The van der Waals surface area contributed by atoms with E-state index in [1.807, 2.05) is 0 Å². The lowest BCUT2D eigenvalue weighted by Crippen LogP contribution is -2.30. The van der Waals surface area contributed by atoms with Gasteiger partial charge in [0.1, 0.15) is 19.3 Å². The summed E-state index contributed by atoms with van der Waals surface area (Å²) in [6.07, 6.45) is 72.5. The Labute approximate surface area is 658 Å². The highest BCUT2D eigenvalue weighted by Crippen LogP contribution is 2.45. The highest BCUT2D eigenvalue weighted by molar-refractivity contribution is 7.47. The monoisotopic (exact) mass is 1560 g/mol. The second-order valence-electron chi connectivity index (χ2n) is 32.6. The summed E-state index contributed by atoms with van der Waals surface area (Å²) < 4.78 is 68.8. The average Bonchev–Trinajstić information content (AvgIpc) is 0.903. The molecule has 5 atom stereocenters. The molecule has 0 aromatic rings. The van der Waals surface area contributed by atoms with Gasteiger partial charge in [0, 0.05) is 25.7 Å². The summed E-state index contributed by atoms with van der Waals surface area (Å²) in [5.74, 6) is -0.482. The zero-order chi connectivity index (χ0) is 78.5. The third-order valence-corrected chi connectivity index (χ3v) is 22.6. The van der Waals surface area contributed by atoms with Crippen LogP contribution < -0.4 is 0 Å². The molecule has 0 bridgehead atoms. The molecule has 0 aromatic heterocycles. The Morgan fingerprint density at radius 1 is 0.252 bits per heavy atom. The summed E-state index contributed by atoms with van der Waals surface area (Å²) in [6.45, 7) is 9.70. The summed E-state index contributed by atoms with van der Waals surface area (Å²) in [5.41, 5.74) is 0. The fourth-order valence-corrected chi connectivity index (χ4v) is 15.4. The molecule has 0 fully saturated rings. The predicted molar refractivity (Wildman–Crippen MR) is 442 cm³/mol. The molecule has 19 heteroatoms. The van der Waals surface area contributed by atoms with Gasteiger partial charge in [0.25, 0.3) is 0 Å². The van der Waals surface area contributed by atoms with Crippen LogP contribution in [0.1, 0.15) is 472 Å². The Hall–Kier alpha value is -1.94. The van der Waals surface area contributed by atoms with Crippen LogP contribution in [-0.4, -0.2) is 96.7 Å². The molecule has 0 aliphatic heterocycles. The first-order valence-electron chi connectivity index (χ1n) is 45.5. The molecule has 0 aliphatic carbocycles. The molecule has 636 valence electrons. The van der Waals surface area contributed by atoms with Crippen LogP contribution in [0.15, 0.2) is 0 Å². The van der Waals surface area contributed by atoms with Crippen molar-refractivity contribution >= 4 is 39.5 Å². The standard InChI is InChI=1S/C88H172O17P2/c1-7-9-11-13-15-16-17-18-19-20-21-22-23-27-32-37-42-47-53-59-65-71-86(91)99-77-84(105-88(93)73-66-60-54-48-43-38-33-28-25-24-26-30-35-40-45-51-56-62-68-80(3)4)79-103-107(96,97)101-75-82(89)74-100-106(94,95)102-78-83(76-98-85(90)70-64-58-50-14-12-10-8-2)104-87(92)72-67-61-55-49-44-39-34-29-31-36-41-46-52-57-63-69-81(5)6/h80-84,89H,7-79H2,1-6H3,(H,94,95)(H,96,97)/t82-,83+,84+/m0/s1. The number of carbonyl (C=O) groups excluding carboxylic acids is 4. The molecule has 3 N–H and O–H groups in total. The lowest BCUT2D eigenvalue weighted by Gasteiger charge is -2.21. The van der Waals surface area contributed by atoms with Crippen molar-refractivity contribution in [3.05, 3.63) is 0 Å².